The normalized spacial score (nSPS) is 19.8. The molecule has 0 unspecified atom stereocenters. The van der Waals surface area contributed by atoms with Crippen LogP contribution in [0.15, 0.2) is 121 Å². The summed E-state index contributed by atoms with van der Waals surface area (Å²) in [7, 11) is -3.45. The summed E-state index contributed by atoms with van der Waals surface area (Å²) in [5.41, 5.74) is 4.79. The fourth-order valence-corrected chi connectivity index (χ4v) is 8.33. The Morgan fingerprint density at radius 3 is 1.28 bits per heavy atom. The average molecular weight is 654 g/mol. The molecular formula is C39H47N3O4S. The van der Waals surface area contributed by atoms with Crippen LogP contribution in [-0.4, -0.2) is 93.0 Å². The second-order valence-corrected chi connectivity index (χ2v) is 15.2. The van der Waals surface area contributed by atoms with Crippen molar-refractivity contribution in [2.45, 2.75) is 37.1 Å². The van der Waals surface area contributed by atoms with E-state index in [1.165, 1.54) is 22.3 Å². The second kappa shape index (κ2) is 14.4. The maximum Gasteiger partial charge on any atom is 0.265 e. The summed E-state index contributed by atoms with van der Waals surface area (Å²) in [4.78, 5) is 7.47. The lowest BCUT2D eigenvalue weighted by atomic mass is 9.84. The first kappa shape index (κ1) is 33.5. The summed E-state index contributed by atoms with van der Waals surface area (Å²) in [5.74, 6) is 0. The number of hydrogen-bond donors (Lipinski definition) is 0. The van der Waals surface area contributed by atoms with Gasteiger partial charge < -0.3 is 4.74 Å². The van der Waals surface area contributed by atoms with E-state index in [0.29, 0.717) is 19.1 Å². The Bertz CT molecular complexity index is 1580. The molecule has 8 heteroatoms. The minimum atomic E-state index is -3.45. The first-order chi connectivity index (χ1) is 22.6. The van der Waals surface area contributed by atoms with Gasteiger partial charge in [0.1, 0.15) is 5.60 Å². The first-order valence-corrected chi connectivity index (χ1v) is 18.4. The Kier molecular flexibility index (Phi) is 10.3. The molecule has 3 saturated heterocycles. The summed E-state index contributed by atoms with van der Waals surface area (Å²) in [6.45, 7) is 11.5. The van der Waals surface area contributed by atoms with Gasteiger partial charge in [-0.3, -0.25) is 18.9 Å². The van der Waals surface area contributed by atoms with Crippen molar-refractivity contribution in [2.75, 3.05) is 58.7 Å². The highest BCUT2D eigenvalue weighted by Gasteiger charge is 2.47. The van der Waals surface area contributed by atoms with Gasteiger partial charge >= 0.3 is 0 Å². The number of nitrogens with zero attached hydrogens (tertiary/aromatic N) is 3. The van der Waals surface area contributed by atoms with Crippen LogP contribution in [-0.2, 0) is 19.0 Å². The van der Waals surface area contributed by atoms with Gasteiger partial charge in [0.05, 0.1) is 31.6 Å². The van der Waals surface area contributed by atoms with Crippen LogP contribution in [0.5, 0.6) is 0 Å². The molecule has 0 aromatic heterocycles. The van der Waals surface area contributed by atoms with Crippen molar-refractivity contribution in [2.24, 2.45) is 0 Å². The zero-order chi connectivity index (χ0) is 32.9. The van der Waals surface area contributed by atoms with Gasteiger partial charge in [-0.15, -0.1) is 0 Å². The number of rotatable bonds is 9. The van der Waals surface area contributed by atoms with Crippen molar-refractivity contribution < 1.29 is 17.3 Å². The number of hydrogen-bond acceptors (Lipinski definition) is 7. The van der Waals surface area contributed by atoms with E-state index in [-0.39, 0.29) is 11.6 Å². The van der Waals surface area contributed by atoms with Crippen molar-refractivity contribution in [3.8, 4) is 0 Å². The van der Waals surface area contributed by atoms with Crippen molar-refractivity contribution in [1.82, 2.24) is 14.7 Å². The van der Waals surface area contributed by atoms with Gasteiger partial charge in [-0.05, 0) is 36.1 Å². The van der Waals surface area contributed by atoms with E-state index in [1.54, 1.807) is 0 Å². The van der Waals surface area contributed by atoms with Gasteiger partial charge in [0.2, 0.25) is 0 Å². The summed E-state index contributed by atoms with van der Waals surface area (Å²) in [5, 5.41) is 0. The summed E-state index contributed by atoms with van der Waals surface area (Å²) in [6, 6.07) is 42.7. The van der Waals surface area contributed by atoms with E-state index < -0.39 is 15.7 Å². The van der Waals surface area contributed by atoms with Crippen LogP contribution in [0, 0.1) is 0 Å². The van der Waals surface area contributed by atoms with E-state index >= 15 is 0 Å². The summed E-state index contributed by atoms with van der Waals surface area (Å²) in [6.07, 6.45) is 1.10. The van der Waals surface area contributed by atoms with Crippen LogP contribution in [0.1, 0.15) is 48.2 Å². The molecule has 248 valence electrons. The van der Waals surface area contributed by atoms with Crippen LogP contribution in [0.2, 0.25) is 0 Å². The Balaban J connectivity index is 0.000000165. The topological polar surface area (TPSA) is 62.3 Å². The maximum absolute atomic E-state index is 11.4. The van der Waals surface area contributed by atoms with Crippen molar-refractivity contribution in [3.63, 3.8) is 0 Å². The Morgan fingerprint density at radius 2 is 0.936 bits per heavy atom. The van der Waals surface area contributed by atoms with Gasteiger partial charge in [-0.1, -0.05) is 121 Å². The van der Waals surface area contributed by atoms with Crippen LogP contribution in [0.25, 0.3) is 0 Å². The maximum atomic E-state index is 11.4. The lowest BCUT2D eigenvalue weighted by Crippen LogP contribution is -2.70. The summed E-state index contributed by atoms with van der Waals surface area (Å²) < 4.78 is 33.6. The number of benzene rings is 4. The monoisotopic (exact) mass is 653 g/mol. The molecule has 0 saturated carbocycles. The molecule has 0 radical (unpaired) electrons. The van der Waals surface area contributed by atoms with Gasteiger partial charge in [0.25, 0.3) is 10.1 Å². The van der Waals surface area contributed by atoms with E-state index in [1.807, 2.05) is 43.3 Å². The Labute approximate surface area is 280 Å². The third-order valence-electron chi connectivity index (χ3n) is 9.48. The van der Waals surface area contributed by atoms with Crippen LogP contribution in [0.3, 0.4) is 0 Å². The number of likely N-dealkylation sites (tertiary alicyclic amines) is 2. The number of morpholine rings is 1. The molecule has 0 bridgehead atoms. The average Bonchev–Trinajstić information content (AvgIpc) is 3.05. The molecule has 4 aromatic rings. The van der Waals surface area contributed by atoms with E-state index in [9.17, 15) is 8.42 Å². The van der Waals surface area contributed by atoms with Crippen LogP contribution < -0.4 is 0 Å². The van der Waals surface area contributed by atoms with Gasteiger partial charge in [-0.25, -0.2) is 0 Å². The highest BCUT2D eigenvalue weighted by atomic mass is 32.2. The van der Waals surface area contributed by atoms with Crippen molar-refractivity contribution in [3.05, 3.63) is 144 Å². The molecule has 0 atom stereocenters. The molecule has 3 aliphatic heterocycles. The molecule has 3 aliphatic rings. The molecule has 3 heterocycles. The molecule has 3 fully saturated rings. The molecule has 0 aliphatic carbocycles. The lowest BCUT2D eigenvalue weighted by molar-refractivity contribution is -0.0946. The van der Waals surface area contributed by atoms with Gasteiger partial charge in [-0.2, -0.15) is 8.42 Å². The third-order valence-corrected chi connectivity index (χ3v) is 10.2. The Morgan fingerprint density at radius 1 is 0.596 bits per heavy atom. The third kappa shape index (κ3) is 8.20. The predicted molar refractivity (Wildman–Crippen MR) is 188 cm³/mol. The molecule has 4 aromatic carbocycles. The largest absolute Gasteiger partial charge is 0.379 e. The minimum Gasteiger partial charge on any atom is -0.379 e. The highest BCUT2D eigenvalue weighted by molar-refractivity contribution is 7.86. The van der Waals surface area contributed by atoms with Crippen molar-refractivity contribution in [1.29, 1.82) is 0 Å². The fourth-order valence-electron chi connectivity index (χ4n) is 7.50. The SMILES string of the molecule is CC1(N2CCOCC2)CN(C(c2ccccc2)c2ccccc2)C1.CC1(OS(C)(=O)=O)CN(C(c2ccccc2)c2ccccc2)C1. The molecule has 0 amide bonds. The zero-order valence-electron chi connectivity index (χ0n) is 27.7. The standard InChI is InChI=1S/C21H26N2O.C18H21NO3S/c1-21(23-12-14-24-15-13-23)16-22(17-21)20(18-8-4-2-5-9-18)19-10-6-3-7-11-19;1-18(22-23(2,20)21)13-19(14-18)17(15-9-5-3-6-10-15)16-11-7-4-8-12-16/h2-11,20H,12-17H2,1H3;3-12,17H,13-14H2,1-2H3. The fraction of sp³-hybridized carbons (Fsp3) is 0.385. The van der Waals surface area contributed by atoms with Crippen molar-refractivity contribution >= 4 is 10.1 Å². The quantitative estimate of drug-likeness (QED) is 0.205. The first-order valence-electron chi connectivity index (χ1n) is 16.5. The van der Waals surface area contributed by atoms with Gasteiger partial charge in [0.15, 0.2) is 0 Å². The molecule has 0 spiro atoms. The molecule has 0 N–H and O–H groups in total. The minimum absolute atomic E-state index is 0.105. The smallest absolute Gasteiger partial charge is 0.265 e. The van der Waals surface area contributed by atoms with E-state index in [4.69, 9.17) is 8.92 Å². The second-order valence-electron chi connectivity index (χ2n) is 13.6. The lowest BCUT2D eigenvalue weighted by Gasteiger charge is -2.57. The molecule has 47 heavy (non-hydrogen) atoms. The number of ether oxygens (including phenoxy) is 1. The summed E-state index contributed by atoms with van der Waals surface area (Å²) >= 11 is 0. The van der Waals surface area contributed by atoms with Gasteiger partial charge in [0, 0.05) is 44.8 Å². The predicted octanol–water partition coefficient (Wildman–Crippen LogP) is 6.01. The van der Waals surface area contributed by atoms with E-state index in [2.05, 4.69) is 107 Å². The Hall–Kier alpha value is -3.37. The van der Waals surface area contributed by atoms with E-state index in [0.717, 1.165) is 45.6 Å². The molecular weight excluding hydrogens is 607 g/mol. The van der Waals surface area contributed by atoms with Crippen LogP contribution >= 0.6 is 0 Å². The zero-order valence-corrected chi connectivity index (χ0v) is 28.6. The van der Waals surface area contributed by atoms with Crippen LogP contribution in [0.4, 0.5) is 0 Å². The molecule has 7 rings (SSSR count). The highest BCUT2D eigenvalue weighted by Crippen LogP contribution is 2.39. The molecule has 7 nitrogen and oxygen atoms in total.